The summed E-state index contributed by atoms with van der Waals surface area (Å²) >= 11 is 1.85. The van der Waals surface area contributed by atoms with Gasteiger partial charge in [-0.25, -0.2) is 9.67 Å². The zero-order chi connectivity index (χ0) is 21.4. The zero-order valence-electron chi connectivity index (χ0n) is 18.2. The zero-order valence-corrected chi connectivity index (χ0v) is 19.0. The number of ether oxygens (including phenoxy) is 1. The quantitative estimate of drug-likeness (QED) is 0.619. The number of anilines is 1. The lowest BCUT2D eigenvalue weighted by atomic mass is 9.99. The number of hydrogen-bond acceptors (Lipinski definition) is 5. The molecule has 0 spiro atoms. The first-order valence-electron chi connectivity index (χ1n) is 10.3. The predicted octanol–water partition coefficient (Wildman–Crippen LogP) is 4.44. The number of carbonyl (C=O) groups is 1. The Hall–Kier alpha value is -2.54. The van der Waals surface area contributed by atoms with Crippen LogP contribution in [0.2, 0.25) is 0 Å². The minimum atomic E-state index is 0.161. The Morgan fingerprint density at radius 3 is 2.83 bits per heavy atom. The van der Waals surface area contributed by atoms with Crippen LogP contribution in [0.5, 0.6) is 5.88 Å². The van der Waals surface area contributed by atoms with Crippen molar-refractivity contribution < 1.29 is 9.53 Å². The molecule has 1 aliphatic rings. The standard InChI is InChI=1S/C23H28N4O2S/c1-14-12-13-27(18-8-6-7-9-19(18)30-14)20(28)11-10-17-15(2)21-22(24-16(17)3)26(4)25-23(21)29-5/h6-9,14H,10-13H2,1-5H3. The maximum Gasteiger partial charge on any atom is 0.242 e. The first-order valence-corrected chi connectivity index (χ1v) is 11.2. The second-order valence-electron chi connectivity index (χ2n) is 7.86. The van der Waals surface area contributed by atoms with Crippen molar-refractivity contribution in [3.8, 4) is 5.88 Å². The Morgan fingerprint density at radius 1 is 1.30 bits per heavy atom. The summed E-state index contributed by atoms with van der Waals surface area (Å²) in [7, 11) is 3.50. The van der Waals surface area contributed by atoms with Crippen molar-refractivity contribution in [2.24, 2.45) is 7.05 Å². The van der Waals surface area contributed by atoms with Gasteiger partial charge >= 0.3 is 0 Å². The number of aromatic nitrogens is 3. The van der Waals surface area contributed by atoms with Gasteiger partial charge in [-0.2, -0.15) is 0 Å². The van der Waals surface area contributed by atoms with Gasteiger partial charge in [0.25, 0.3) is 0 Å². The Labute approximate surface area is 181 Å². The van der Waals surface area contributed by atoms with Crippen LogP contribution in [0.15, 0.2) is 29.2 Å². The van der Waals surface area contributed by atoms with Gasteiger partial charge in [-0.1, -0.05) is 19.1 Å². The van der Waals surface area contributed by atoms with Crippen LogP contribution in [0.3, 0.4) is 0 Å². The second kappa shape index (κ2) is 8.30. The van der Waals surface area contributed by atoms with E-state index in [0.717, 1.165) is 46.5 Å². The smallest absolute Gasteiger partial charge is 0.242 e. The van der Waals surface area contributed by atoms with Gasteiger partial charge < -0.3 is 9.64 Å². The first-order chi connectivity index (χ1) is 14.4. The van der Waals surface area contributed by atoms with E-state index < -0.39 is 0 Å². The molecular weight excluding hydrogens is 396 g/mol. The van der Waals surface area contributed by atoms with E-state index in [0.29, 0.717) is 24.0 Å². The molecule has 6 nitrogen and oxygen atoms in total. The average molecular weight is 425 g/mol. The lowest BCUT2D eigenvalue weighted by Crippen LogP contribution is -2.32. The Morgan fingerprint density at radius 2 is 2.07 bits per heavy atom. The maximum absolute atomic E-state index is 13.3. The Kier molecular flexibility index (Phi) is 5.73. The van der Waals surface area contributed by atoms with Gasteiger partial charge in [-0.05, 0) is 49.9 Å². The molecular formula is C23H28N4O2S. The highest BCUT2D eigenvalue weighted by Crippen LogP contribution is 2.38. The predicted molar refractivity (Wildman–Crippen MR) is 122 cm³/mol. The molecule has 2 aromatic heterocycles. The van der Waals surface area contributed by atoms with Gasteiger partial charge in [-0.3, -0.25) is 4.79 Å². The lowest BCUT2D eigenvalue weighted by Gasteiger charge is -2.23. The number of para-hydroxylation sites is 1. The van der Waals surface area contributed by atoms with Crippen molar-refractivity contribution in [2.75, 3.05) is 18.6 Å². The minimum Gasteiger partial charge on any atom is -0.479 e. The van der Waals surface area contributed by atoms with Gasteiger partial charge in [0.1, 0.15) is 0 Å². The molecule has 0 radical (unpaired) electrons. The molecule has 1 amide bonds. The van der Waals surface area contributed by atoms with Crippen LogP contribution in [0.4, 0.5) is 5.69 Å². The number of rotatable bonds is 4. The number of nitrogens with zero attached hydrogens (tertiary/aromatic N) is 4. The van der Waals surface area contributed by atoms with Crippen molar-refractivity contribution >= 4 is 34.4 Å². The van der Waals surface area contributed by atoms with Crippen molar-refractivity contribution in [1.82, 2.24) is 14.8 Å². The summed E-state index contributed by atoms with van der Waals surface area (Å²) < 4.78 is 7.20. The summed E-state index contributed by atoms with van der Waals surface area (Å²) in [5.74, 6) is 0.742. The fraction of sp³-hybridized carbons (Fsp3) is 0.435. The van der Waals surface area contributed by atoms with Gasteiger partial charge in [0, 0.05) is 35.9 Å². The van der Waals surface area contributed by atoms with Crippen molar-refractivity contribution in [1.29, 1.82) is 0 Å². The second-order valence-corrected chi connectivity index (χ2v) is 9.34. The number of pyridine rings is 1. The van der Waals surface area contributed by atoms with Crippen molar-refractivity contribution in [2.45, 2.75) is 50.2 Å². The molecule has 0 fully saturated rings. The summed E-state index contributed by atoms with van der Waals surface area (Å²) in [5, 5.41) is 5.84. The van der Waals surface area contributed by atoms with E-state index >= 15 is 0 Å². The highest BCUT2D eigenvalue weighted by molar-refractivity contribution is 8.00. The van der Waals surface area contributed by atoms with Gasteiger partial charge in [0.2, 0.25) is 11.8 Å². The molecule has 1 aromatic carbocycles. The number of hydrogen-bond donors (Lipinski definition) is 0. The summed E-state index contributed by atoms with van der Waals surface area (Å²) in [6.45, 7) is 7.06. The molecule has 0 saturated carbocycles. The summed E-state index contributed by atoms with van der Waals surface area (Å²) in [4.78, 5) is 21.2. The molecule has 1 atom stereocenters. The molecule has 0 bridgehead atoms. The van der Waals surface area contributed by atoms with E-state index in [1.807, 2.05) is 42.8 Å². The fourth-order valence-corrected chi connectivity index (χ4v) is 5.33. The van der Waals surface area contributed by atoms with E-state index in [1.165, 1.54) is 4.90 Å². The van der Waals surface area contributed by atoms with Crippen LogP contribution >= 0.6 is 11.8 Å². The van der Waals surface area contributed by atoms with Crippen LogP contribution < -0.4 is 9.64 Å². The first kappa shape index (κ1) is 20.7. The molecule has 4 rings (SSSR count). The highest BCUT2D eigenvalue weighted by Gasteiger charge is 2.25. The monoisotopic (exact) mass is 424 g/mol. The van der Waals surface area contributed by atoms with Crippen molar-refractivity contribution in [3.63, 3.8) is 0 Å². The SMILES string of the molecule is COc1nn(C)c2nc(C)c(CCC(=O)N3CCC(C)Sc4ccccc43)c(C)c12. The number of methoxy groups -OCH3 is 1. The molecule has 30 heavy (non-hydrogen) atoms. The molecule has 7 heteroatoms. The largest absolute Gasteiger partial charge is 0.479 e. The van der Waals surface area contributed by atoms with Crippen LogP contribution in [0, 0.1) is 13.8 Å². The fourth-order valence-electron chi connectivity index (χ4n) is 4.22. The Bertz CT molecular complexity index is 1110. The van der Waals surface area contributed by atoms with E-state index in [-0.39, 0.29) is 5.91 Å². The van der Waals surface area contributed by atoms with Crippen molar-refractivity contribution in [3.05, 3.63) is 41.1 Å². The molecule has 0 N–H and O–H groups in total. The van der Waals surface area contributed by atoms with E-state index in [9.17, 15) is 4.79 Å². The lowest BCUT2D eigenvalue weighted by molar-refractivity contribution is -0.118. The molecule has 158 valence electrons. The van der Waals surface area contributed by atoms with Crippen LogP contribution in [0.25, 0.3) is 11.0 Å². The third kappa shape index (κ3) is 3.67. The molecule has 3 heterocycles. The number of benzene rings is 1. The number of thioether (sulfide) groups is 1. The number of amides is 1. The summed E-state index contributed by atoms with van der Waals surface area (Å²) in [6, 6.07) is 8.23. The van der Waals surface area contributed by atoms with E-state index in [1.54, 1.807) is 11.8 Å². The highest BCUT2D eigenvalue weighted by atomic mass is 32.2. The maximum atomic E-state index is 13.3. The topological polar surface area (TPSA) is 60.2 Å². The number of aryl methyl sites for hydroxylation is 3. The Balaban J connectivity index is 1.61. The third-order valence-electron chi connectivity index (χ3n) is 5.85. The van der Waals surface area contributed by atoms with E-state index in [2.05, 4.69) is 31.1 Å². The molecule has 3 aromatic rings. The van der Waals surface area contributed by atoms with E-state index in [4.69, 9.17) is 9.72 Å². The third-order valence-corrected chi connectivity index (χ3v) is 7.09. The van der Waals surface area contributed by atoms with Gasteiger partial charge in [-0.15, -0.1) is 16.9 Å². The molecule has 0 aliphatic carbocycles. The average Bonchev–Trinajstić information content (AvgIpc) is 2.93. The van der Waals surface area contributed by atoms with Gasteiger partial charge in [0.15, 0.2) is 5.65 Å². The van der Waals surface area contributed by atoms with Crippen LogP contribution in [-0.2, 0) is 18.3 Å². The van der Waals surface area contributed by atoms with Gasteiger partial charge in [0.05, 0.1) is 18.2 Å². The molecule has 1 aliphatic heterocycles. The molecule has 1 unspecified atom stereocenters. The summed E-state index contributed by atoms with van der Waals surface area (Å²) in [5.41, 5.74) is 4.99. The van der Waals surface area contributed by atoms with Crippen LogP contribution in [-0.4, -0.2) is 39.6 Å². The van der Waals surface area contributed by atoms with Crippen LogP contribution in [0.1, 0.15) is 36.6 Å². The molecule has 0 saturated heterocycles. The summed E-state index contributed by atoms with van der Waals surface area (Å²) in [6.07, 6.45) is 2.09. The minimum absolute atomic E-state index is 0.161. The normalized spacial score (nSPS) is 16.4. The number of fused-ring (bicyclic) bond motifs is 2. The number of carbonyl (C=O) groups excluding carboxylic acids is 1.